The summed E-state index contributed by atoms with van der Waals surface area (Å²) in [6.45, 7) is 0. The SMILES string of the molecule is c1ccc2cc(-c3ccc4cc(-c5cc6ccccc6c6ccccc56)ccc4c3)ccc2c1. The van der Waals surface area contributed by atoms with Gasteiger partial charge in [-0.05, 0) is 89.6 Å². The summed E-state index contributed by atoms with van der Waals surface area (Å²) in [5, 5.41) is 10.3. The summed E-state index contributed by atoms with van der Waals surface area (Å²) in [5.74, 6) is 0. The molecule has 0 saturated carbocycles. The summed E-state index contributed by atoms with van der Waals surface area (Å²) in [7, 11) is 0. The van der Waals surface area contributed by atoms with Crippen LogP contribution in [0.3, 0.4) is 0 Å². The Hall–Kier alpha value is -4.42. The predicted octanol–water partition coefficient (Wildman–Crippen LogP) is 9.63. The Kier molecular flexibility index (Phi) is 4.25. The third kappa shape index (κ3) is 3.08. The fourth-order valence-corrected chi connectivity index (χ4v) is 5.25. The maximum Gasteiger partial charge on any atom is -0.00988 e. The lowest BCUT2D eigenvalue weighted by molar-refractivity contribution is 1.66. The van der Waals surface area contributed by atoms with E-state index in [9.17, 15) is 0 Å². The zero-order chi connectivity index (χ0) is 22.5. The first-order valence-electron chi connectivity index (χ1n) is 11.8. The second kappa shape index (κ2) is 7.57. The Bertz CT molecular complexity index is 1860. The summed E-state index contributed by atoms with van der Waals surface area (Å²) in [5.41, 5.74) is 5.05. The summed E-state index contributed by atoms with van der Waals surface area (Å²) < 4.78 is 0. The van der Waals surface area contributed by atoms with Crippen LogP contribution in [0.25, 0.3) is 65.3 Å². The van der Waals surface area contributed by atoms with E-state index in [1.807, 2.05) is 0 Å². The summed E-state index contributed by atoms with van der Waals surface area (Å²) in [6.07, 6.45) is 0. The molecule has 158 valence electrons. The van der Waals surface area contributed by atoms with E-state index in [4.69, 9.17) is 0 Å². The third-order valence-corrected chi connectivity index (χ3v) is 7.00. The molecule has 0 radical (unpaired) electrons. The minimum Gasteiger partial charge on any atom is -0.0616 e. The Morgan fingerprint density at radius 3 is 1.47 bits per heavy atom. The first kappa shape index (κ1) is 19.1. The van der Waals surface area contributed by atoms with Gasteiger partial charge in [0.2, 0.25) is 0 Å². The lowest BCUT2D eigenvalue weighted by Gasteiger charge is -2.12. The van der Waals surface area contributed by atoms with Gasteiger partial charge in [0, 0.05) is 0 Å². The maximum absolute atomic E-state index is 2.34. The van der Waals surface area contributed by atoms with Gasteiger partial charge in [-0.2, -0.15) is 0 Å². The lowest BCUT2D eigenvalue weighted by Crippen LogP contribution is -1.86. The number of fused-ring (bicyclic) bond motifs is 5. The molecule has 0 aliphatic rings. The van der Waals surface area contributed by atoms with Crippen LogP contribution in [0, 0.1) is 0 Å². The van der Waals surface area contributed by atoms with Crippen molar-refractivity contribution in [1.82, 2.24) is 0 Å². The molecule has 0 nitrogen and oxygen atoms in total. The second-order valence-corrected chi connectivity index (χ2v) is 9.03. The van der Waals surface area contributed by atoms with Gasteiger partial charge in [0.05, 0.1) is 0 Å². The highest BCUT2D eigenvalue weighted by molar-refractivity contribution is 6.14. The van der Waals surface area contributed by atoms with Gasteiger partial charge < -0.3 is 0 Å². The van der Waals surface area contributed by atoms with Crippen molar-refractivity contribution >= 4 is 43.1 Å². The zero-order valence-electron chi connectivity index (χ0n) is 18.7. The molecule has 0 atom stereocenters. The molecule has 0 aliphatic heterocycles. The van der Waals surface area contributed by atoms with Crippen molar-refractivity contribution < 1.29 is 0 Å². The first-order chi connectivity index (χ1) is 16.8. The molecule has 7 aromatic carbocycles. The van der Waals surface area contributed by atoms with Gasteiger partial charge in [-0.3, -0.25) is 0 Å². The van der Waals surface area contributed by atoms with Gasteiger partial charge in [-0.15, -0.1) is 0 Å². The molecule has 34 heavy (non-hydrogen) atoms. The molecule has 0 aromatic heterocycles. The van der Waals surface area contributed by atoms with Crippen LogP contribution in [-0.2, 0) is 0 Å². The van der Waals surface area contributed by atoms with E-state index in [2.05, 4.69) is 133 Å². The normalized spacial score (nSPS) is 11.5. The topological polar surface area (TPSA) is 0 Å². The molecular formula is C34H22. The van der Waals surface area contributed by atoms with Crippen LogP contribution in [0.2, 0.25) is 0 Å². The summed E-state index contributed by atoms with van der Waals surface area (Å²) in [6, 6.07) is 48.7. The van der Waals surface area contributed by atoms with E-state index >= 15 is 0 Å². The van der Waals surface area contributed by atoms with Gasteiger partial charge in [-0.1, -0.05) is 109 Å². The number of benzene rings is 7. The van der Waals surface area contributed by atoms with Crippen LogP contribution in [0.5, 0.6) is 0 Å². The van der Waals surface area contributed by atoms with Gasteiger partial charge in [0.25, 0.3) is 0 Å². The molecule has 7 aromatic rings. The van der Waals surface area contributed by atoms with Crippen LogP contribution in [-0.4, -0.2) is 0 Å². The molecule has 0 N–H and O–H groups in total. The highest BCUT2D eigenvalue weighted by Gasteiger charge is 2.09. The number of hydrogen-bond donors (Lipinski definition) is 0. The number of hydrogen-bond acceptors (Lipinski definition) is 0. The van der Waals surface area contributed by atoms with E-state index in [1.165, 1.54) is 65.3 Å². The van der Waals surface area contributed by atoms with Gasteiger partial charge in [0.15, 0.2) is 0 Å². The van der Waals surface area contributed by atoms with E-state index in [0.717, 1.165) is 0 Å². The number of rotatable bonds is 2. The molecular weight excluding hydrogens is 408 g/mol. The van der Waals surface area contributed by atoms with Crippen LogP contribution in [0.15, 0.2) is 133 Å². The Morgan fingerprint density at radius 1 is 0.265 bits per heavy atom. The van der Waals surface area contributed by atoms with Crippen molar-refractivity contribution in [1.29, 1.82) is 0 Å². The van der Waals surface area contributed by atoms with E-state index < -0.39 is 0 Å². The van der Waals surface area contributed by atoms with Gasteiger partial charge in [0.1, 0.15) is 0 Å². The molecule has 0 heterocycles. The fourth-order valence-electron chi connectivity index (χ4n) is 5.25. The zero-order valence-corrected chi connectivity index (χ0v) is 18.7. The van der Waals surface area contributed by atoms with Crippen LogP contribution in [0.1, 0.15) is 0 Å². The van der Waals surface area contributed by atoms with Crippen molar-refractivity contribution in [2.45, 2.75) is 0 Å². The van der Waals surface area contributed by atoms with Crippen LogP contribution >= 0.6 is 0 Å². The standard InChI is InChI=1S/C34H22/c1-2-8-24-19-25(14-13-23(24)7-1)26-15-16-28-21-30(18-17-27(28)20-26)34-22-29-9-3-4-10-31(29)32-11-5-6-12-33(32)34/h1-22H. The van der Waals surface area contributed by atoms with Gasteiger partial charge >= 0.3 is 0 Å². The molecule has 7 rings (SSSR count). The Labute approximate surface area is 198 Å². The minimum atomic E-state index is 1.25. The Morgan fingerprint density at radius 2 is 0.735 bits per heavy atom. The summed E-state index contributed by atoms with van der Waals surface area (Å²) in [4.78, 5) is 0. The van der Waals surface area contributed by atoms with Crippen molar-refractivity contribution in [3.05, 3.63) is 133 Å². The monoisotopic (exact) mass is 430 g/mol. The molecule has 0 heteroatoms. The van der Waals surface area contributed by atoms with Crippen molar-refractivity contribution in [3.63, 3.8) is 0 Å². The van der Waals surface area contributed by atoms with Crippen molar-refractivity contribution in [3.8, 4) is 22.3 Å². The smallest absolute Gasteiger partial charge is 0.00988 e. The molecule has 0 saturated heterocycles. The van der Waals surface area contributed by atoms with Crippen LogP contribution < -0.4 is 0 Å². The van der Waals surface area contributed by atoms with Crippen molar-refractivity contribution in [2.75, 3.05) is 0 Å². The largest absolute Gasteiger partial charge is 0.0616 e. The summed E-state index contributed by atoms with van der Waals surface area (Å²) >= 11 is 0. The molecule has 0 unspecified atom stereocenters. The molecule has 0 amide bonds. The molecule has 0 fully saturated rings. The highest BCUT2D eigenvalue weighted by atomic mass is 14.1. The van der Waals surface area contributed by atoms with Crippen molar-refractivity contribution in [2.24, 2.45) is 0 Å². The highest BCUT2D eigenvalue weighted by Crippen LogP contribution is 2.36. The molecule has 0 bridgehead atoms. The minimum absolute atomic E-state index is 1.25. The molecule has 0 spiro atoms. The second-order valence-electron chi connectivity index (χ2n) is 9.03. The maximum atomic E-state index is 2.34. The average Bonchev–Trinajstić information content (AvgIpc) is 2.92. The Balaban J connectivity index is 1.37. The van der Waals surface area contributed by atoms with E-state index in [1.54, 1.807) is 0 Å². The van der Waals surface area contributed by atoms with Gasteiger partial charge in [-0.25, -0.2) is 0 Å². The van der Waals surface area contributed by atoms with E-state index in [-0.39, 0.29) is 0 Å². The fraction of sp³-hybridized carbons (Fsp3) is 0. The predicted molar refractivity (Wildman–Crippen MR) is 147 cm³/mol. The lowest BCUT2D eigenvalue weighted by atomic mass is 9.92. The van der Waals surface area contributed by atoms with E-state index in [0.29, 0.717) is 0 Å². The molecule has 0 aliphatic carbocycles. The van der Waals surface area contributed by atoms with Crippen LogP contribution in [0.4, 0.5) is 0 Å². The first-order valence-corrected chi connectivity index (χ1v) is 11.8. The average molecular weight is 431 g/mol. The third-order valence-electron chi connectivity index (χ3n) is 7.00. The quantitative estimate of drug-likeness (QED) is 0.239.